The molecule has 0 aliphatic carbocycles. The maximum atomic E-state index is 13.4. The van der Waals surface area contributed by atoms with Crippen LogP contribution in [0.2, 0.25) is 0 Å². The summed E-state index contributed by atoms with van der Waals surface area (Å²) in [6, 6.07) is 19.5. The van der Waals surface area contributed by atoms with Crippen LogP contribution in [0.4, 0.5) is 31.1 Å². The number of aliphatic hydroxyl groups is 1. The van der Waals surface area contributed by atoms with Crippen molar-refractivity contribution in [1.82, 2.24) is 0 Å². The highest BCUT2D eigenvalue weighted by Crippen LogP contribution is 2.49. The Morgan fingerprint density at radius 2 is 1.10 bits per heavy atom. The van der Waals surface area contributed by atoms with Crippen molar-refractivity contribution < 1.29 is 50.8 Å². The summed E-state index contributed by atoms with van der Waals surface area (Å²) in [6.07, 6.45) is -12.7. The van der Waals surface area contributed by atoms with Gasteiger partial charge in [-0.1, -0.05) is 83.1 Å². The van der Waals surface area contributed by atoms with Crippen LogP contribution in [-0.2, 0) is 27.4 Å². The normalized spacial score (nSPS) is 15.7. The molecule has 0 aliphatic heterocycles. The molecule has 0 amide bonds. The number of hydrogen-bond acceptors (Lipinski definition) is 5. The van der Waals surface area contributed by atoms with Gasteiger partial charge in [0.05, 0.1) is 0 Å². The summed E-state index contributed by atoms with van der Waals surface area (Å²) < 4.78 is 90.9. The van der Waals surface area contributed by atoms with Crippen molar-refractivity contribution >= 4 is 6.16 Å². The summed E-state index contributed by atoms with van der Waals surface area (Å²) in [7, 11) is 0. The zero-order valence-electron chi connectivity index (χ0n) is 29.1. The van der Waals surface area contributed by atoms with Gasteiger partial charge >= 0.3 is 18.5 Å². The highest BCUT2D eigenvalue weighted by molar-refractivity contribution is 5.64. The Labute approximate surface area is 284 Å². The van der Waals surface area contributed by atoms with Crippen LogP contribution >= 0.6 is 0 Å². The van der Waals surface area contributed by atoms with Crippen LogP contribution in [0.5, 0.6) is 11.5 Å². The van der Waals surface area contributed by atoms with Crippen LogP contribution in [0, 0.1) is 0 Å². The second-order valence-electron chi connectivity index (χ2n) is 15.1. The van der Waals surface area contributed by atoms with Gasteiger partial charge in [-0.25, -0.2) is 4.79 Å². The number of hydrogen-bond donors (Lipinski definition) is 2. The van der Waals surface area contributed by atoms with Gasteiger partial charge in [0, 0.05) is 6.42 Å². The molecule has 2 atom stereocenters. The van der Waals surface area contributed by atoms with Crippen molar-refractivity contribution in [2.45, 2.75) is 121 Å². The SMILES string of the molecule is CCC(C)(CC(C)(CC(C)(C)c1ccc(O)cc1)c1ccc(OC(=O)OC(C)(C)C)cc1)c1ccc(CC(O)(C(F)(F)F)C(F)(F)F)cc1. The van der Waals surface area contributed by atoms with Crippen LogP contribution in [-0.4, -0.2) is 39.9 Å². The lowest BCUT2D eigenvalue weighted by Crippen LogP contribution is -2.58. The summed E-state index contributed by atoms with van der Waals surface area (Å²) in [4.78, 5) is 12.3. The Morgan fingerprint density at radius 3 is 1.55 bits per heavy atom. The van der Waals surface area contributed by atoms with Gasteiger partial charge in [-0.15, -0.1) is 0 Å². The molecular formula is C38H46F6O5. The van der Waals surface area contributed by atoms with E-state index in [0.717, 1.165) is 11.1 Å². The Balaban J connectivity index is 2.02. The predicted octanol–water partition coefficient (Wildman–Crippen LogP) is 10.5. The molecule has 0 fully saturated rings. The lowest BCUT2D eigenvalue weighted by atomic mass is 9.60. The average molecular weight is 697 g/mol. The van der Waals surface area contributed by atoms with Gasteiger partial charge in [0.15, 0.2) is 0 Å². The molecule has 5 nitrogen and oxygen atoms in total. The smallest absolute Gasteiger partial charge is 0.508 e. The van der Waals surface area contributed by atoms with Gasteiger partial charge in [0.2, 0.25) is 0 Å². The predicted molar refractivity (Wildman–Crippen MR) is 176 cm³/mol. The maximum absolute atomic E-state index is 13.4. The van der Waals surface area contributed by atoms with Crippen molar-refractivity contribution in [3.8, 4) is 11.5 Å². The molecule has 270 valence electrons. The van der Waals surface area contributed by atoms with E-state index in [1.165, 1.54) is 24.3 Å². The molecule has 3 rings (SSSR count). The fraction of sp³-hybridized carbons (Fsp3) is 0.500. The van der Waals surface area contributed by atoms with Crippen molar-refractivity contribution in [2.75, 3.05) is 0 Å². The van der Waals surface area contributed by atoms with E-state index in [-0.39, 0.29) is 17.1 Å². The van der Waals surface area contributed by atoms with Gasteiger partial charge in [-0.05, 0) is 103 Å². The van der Waals surface area contributed by atoms with Crippen molar-refractivity contribution in [3.05, 3.63) is 95.1 Å². The molecule has 0 saturated carbocycles. The quantitative estimate of drug-likeness (QED) is 0.119. The third-order valence-corrected chi connectivity index (χ3v) is 9.23. The molecule has 49 heavy (non-hydrogen) atoms. The van der Waals surface area contributed by atoms with Gasteiger partial charge < -0.3 is 19.7 Å². The highest BCUT2D eigenvalue weighted by atomic mass is 19.4. The lowest BCUT2D eigenvalue weighted by Gasteiger charge is -2.44. The summed E-state index contributed by atoms with van der Waals surface area (Å²) in [5, 5.41) is 19.6. The van der Waals surface area contributed by atoms with Crippen LogP contribution in [0.3, 0.4) is 0 Å². The first kappa shape index (κ1) is 39.7. The molecular weight excluding hydrogens is 650 g/mol. The summed E-state index contributed by atoms with van der Waals surface area (Å²) >= 11 is 0. The Kier molecular flexibility index (Phi) is 11.2. The van der Waals surface area contributed by atoms with Crippen LogP contribution < -0.4 is 4.74 Å². The van der Waals surface area contributed by atoms with Gasteiger partial charge in [-0.2, -0.15) is 26.3 Å². The standard InChI is InChI=1S/C38H46F6O5/c1-9-34(7,27-12-10-25(11-13-27)22-36(47,37(39,40)41)38(42,43)44)24-35(8,23-33(5,6)26-14-18-29(45)19-15-26)28-16-20-30(21-17-28)48-31(46)49-32(2,3)4/h10-21,45,47H,9,22-24H2,1-8H3. The molecule has 0 spiro atoms. The second kappa shape index (κ2) is 13.9. The van der Waals surface area contributed by atoms with E-state index in [2.05, 4.69) is 20.8 Å². The molecule has 3 aromatic carbocycles. The minimum atomic E-state index is -5.92. The maximum Gasteiger partial charge on any atom is 0.514 e. The monoisotopic (exact) mass is 696 g/mol. The number of carbonyl (C=O) groups excluding carboxylic acids is 1. The van der Waals surface area contributed by atoms with E-state index in [9.17, 15) is 41.4 Å². The third-order valence-electron chi connectivity index (χ3n) is 9.23. The Bertz CT molecular complexity index is 1540. The minimum absolute atomic E-state index is 0.133. The van der Waals surface area contributed by atoms with E-state index in [1.54, 1.807) is 45.0 Å². The van der Waals surface area contributed by atoms with Crippen LogP contribution in [0.1, 0.15) is 96.9 Å². The third kappa shape index (κ3) is 9.50. The number of halogens is 6. The van der Waals surface area contributed by atoms with Gasteiger partial charge in [0.25, 0.3) is 5.60 Å². The molecule has 0 radical (unpaired) electrons. The first-order valence-electron chi connectivity index (χ1n) is 16.0. The number of carbonyl (C=O) groups is 1. The van der Waals surface area contributed by atoms with E-state index in [1.807, 2.05) is 38.1 Å². The minimum Gasteiger partial charge on any atom is -0.508 e. The van der Waals surface area contributed by atoms with Crippen LogP contribution in [0.25, 0.3) is 0 Å². The Hall–Kier alpha value is -3.73. The number of ether oxygens (including phenoxy) is 2. The fourth-order valence-corrected chi connectivity index (χ4v) is 6.52. The van der Waals surface area contributed by atoms with E-state index >= 15 is 0 Å². The van der Waals surface area contributed by atoms with E-state index in [4.69, 9.17) is 9.47 Å². The van der Waals surface area contributed by atoms with E-state index < -0.39 is 52.4 Å². The number of aromatic hydroxyl groups is 1. The number of phenols is 1. The zero-order chi connectivity index (χ0) is 37.3. The van der Waals surface area contributed by atoms with Crippen LogP contribution in [0.15, 0.2) is 72.8 Å². The van der Waals surface area contributed by atoms with Crippen molar-refractivity contribution in [2.24, 2.45) is 0 Å². The van der Waals surface area contributed by atoms with Gasteiger partial charge in [-0.3, -0.25) is 0 Å². The highest BCUT2D eigenvalue weighted by Gasteiger charge is 2.70. The number of rotatable bonds is 11. The van der Waals surface area contributed by atoms with Crippen molar-refractivity contribution in [1.29, 1.82) is 0 Å². The second-order valence-corrected chi connectivity index (χ2v) is 15.1. The lowest BCUT2D eigenvalue weighted by molar-refractivity contribution is -0.367. The Morgan fingerprint density at radius 1 is 0.653 bits per heavy atom. The molecule has 2 N–H and O–H groups in total. The summed E-state index contributed by atoms with van der Waals surface area (Å²) in [5.41, 5.74) is -4.94. The first-order chi connectivity index (χ1) is 22.2. The molecule has 0 heterocycles. The van der Waals surface area contributed by atoms with Gasteiger partial charge in [0.1, 0.15) is 17.1 Å². The molecule has 0 aliphatic rings. The summed E-state index contributed by atoms with van der Waals surface area (Å²) in [5.74, 6) is 0.415. The fourth-order valence-electron chi connectivity index (χ4n) is 6.52. The number of phenolic OH excluding ortho intramolecular Hbond substituents is 1. The largest absolute Gasteiger partial charge is 0.514 e. The zero-order valence-corrected chi connectivity index (χ0v) is 29.1. The molecule has 11 heteroatoms. The average Bonchev–Trinajstić information content (AvgIpc) is 2.95. The van der Waals surface area contributed by atoms with Crippen molar-refractivity contribution in [3.63, 3.8) is 0 Å². The molecule has 2 unspecified atom stereocenters. The summed E-state index contributed by atoms with van der Waals surface area (Å²) in [6.45, 7) is 15.4. The first-order valence-corrected chi connectivity index (χ1v) is 16.0. The topological polar surface area (TPSA) is 76.0 Å². The number of alkyl halides is 6. The van der Waals surface area contributed by atoms with E-state index in [0.29, 0.717) is 24.8 Å². The molecule has 0 bridgehead atoms. The molecule has 3 aromatic rings. The molecule has 0 saturated heterocycles. The number of benzene rings is 3. The molecule has 0 aromatic heterocycles.